The Balaban J connectivity index is 2.14. The molecular formula is C17H12ClF3N4O2. The van der Waals surface area contributed by atoms with E-state index in [1.165, 1.54) is 29.1 Å². The highest BCUT2D eigenvalue weighted by atomic mass is 35.5. The fraction of sp³-hybridized carbons (Fsp3) is 0.176. The number of benzene rings is 1. The molecule has 0 bridgehead atoms. The van der Waals surface area contributed by atoms with Gasteiger partial charge in [0, 0.05) is 11.2 Å². The number of hydrogen-bond acceptors (Lipinski definition) is 5. The van der Waals surface area contributed by atoms with Crippen LogP contribution in [0.5, 0.6) is 0 Å². The standard InChI is InChI=1S/C17H12ClF3N4O2/c1-2-27-16(26)14-15(13-9-11(18)7-8-22-13)25(24-23-14)12-5-3-10(4-6-12)17(19,20)21/h3-9H,2H2,1H3. The second-order valence-corrected chi connectivity index (χ2v) is 5.76. The highest BCUT2D eigenvalue weighted by molar-refractivity contribution is 6.30. The van der Waals surface area contributed by atoms with E-state index in [1.54, 1.807) is 13.0 Å². The lowest BCUT2D eigenvalue weighted by Gasteiger charge is -2.10. The molecule has 0 unspecified atom stereocenters. The van der Waals surface area contributed by atoms with Gasteiger partial charge in [-0.25, -0.2) is 9.48 Å². The van der Waals surface area contributed by atoms with Crippen LogP contribution in [-0.2, 0) is 10.9 Å². The first-order chi connectivity index (χ1) is 12.8. The molecule has 27 heavy (non-hydrogen) atoms. The van der Waals surface area contributed by atoms with Crippen molar-refractivity contribution in [2.45, 2.75) is 13.1 Å². The van der Waals surface area contributed by atoms with Crippen molar-refractivity contribution in [1.82, 2.24) is 20.0 Å². The zero-order valence-corrected chi connectivity index (χ0v) is 14.6. The number of nitrogens with zero attached hydrogens (tertiary/aromatic N) is 4. The Labute approximate surface area is 156 Å². The SMILES string of the molecule is CCOC(=O)c1nnn(-c2ccc(C(F)(F)F)cc2)c1-c1cc(Cl)ccn1. The minimum Gasteiger partial charge on any atom is -0.461 e. The van der Waals surface area contributed by atoms with Crippen molar-refractivity contribution in [3.8, 4) is 17.1 Å². The number of hydrogen-bond donors (Lipinski definition) is 0. The number of rotatable bonds is 4. The van der Waals surface area contributed by atoms with Gasteiger partial charge in [0.1, 0.15) is 5.69 Å². The number of esters is 1. The molecule has 0 saturated carbocycles. The second-order valence-electron chi connectivity index (χ2n) is 5.32. The molecule has 140 valence electrons. The third-order valence-electron chi connectivity index (χ3n) is 3.54. The lowest BCUT2D eigenvalue weighted by atomic mass is 10.1. The summed E-state index contributed by atoms with van der Waals surface area (Å²) < 4.78 is 44.5. The molecular weight excluding hydrogens is 385 g/mol. The Kier molecular flexibility index (Phi) is 5.13. The van der Waals surface area contributed by atoms with Crippen LogP contribution in [0.15, 0.2) is 42.6 Å². The molecule has 3 rings (SSSR count). The molecule has 1 aromatic carbocycles. The summed E-state index contributed by atoms with van der Waals surface area (Å²) in [7, 11) is 0. The predicted octanol–water partition coefficient (Wildman–Crippen LogP) is 4.18. The highest BCUT2D eigenvalue weighted by Gasteiger charge is 2.30. The van der Waals surface area contributed by atoms with Gasteiger partial charge >= 0.3 is 12.1 Å². The first kappa shape index (κ1) is 18.8. The van der Waals surface area contributed by atoms with Crippen LogP contribution in [-0.4, -0.2) is 32.6 Å². The van der Waals surface area contributed by atoms with E-state index in [-0.39, 0.29) is 29.4 Å². The van der Waals surface area contributed by atoms with Gasteiger partial charge in [0.15, 0.2) is 0 Å². The van der Waals surface area contributed by atoms with Gasteiger partial charge in [0.05, 0.1) is 23.6 Å². The third-order valence-corrected chi connectivity index (χ3v) is 3.78. The summed E-state index contributed by atoms with van der Waals surface area (Å²) in [5.41, 5.74) is -0.222. The first-order valence-electron chi connectivity index (χ1n) is 7.73. The average molecular weight is 397 g/mol. The number of carbonyl (C=O) groups excluding carboxylic acids is 1. The lowest BCUT2D eigenvalue weighted by Crippen LogP contribution is -2.09. The Morgan fingerprint density at radius 1 is 1.22 bits per heavy atom. The molecule has 0 aliphatic rings. The van der Waals surface area contributed by atoms with Gasteiger partial charge in [0.25, 0.3) is 0 Å². The van der Waals surface area contributed by atoms with Gasteiger partial charge in [0.2, 0.25) is 5.69 Å². The summed E-state index contributed by atoms with van der Waals surface area (Å²) in [4.78, 5) is 16.4. The number of ether oxygens (including phenoxy) is 1. The molecule has 0 N–H and O–H groups in total. The van der Waals surface area contributed by atoms with Crippen LogP contribution in [0, 0.1) is 0 Å². The third kappa shape index (κ3) is 3.92. The molecule has 2 heterocycles. The summed E-state index contributed by atoms with van der Waals surface area (Å²) in [6, 6.07) is 7.30. The first-order valence-corrected chi connectivity index (χ1v) is 8.11. The summed E-state index contributed by atoms with van der Waals surface area (Å²) in [6.07, 6.45) is -3.04. The van der Waals surface area contributed by atoms with Gasteiger partial charge in [-0.2, -0.15) is 13.2 Å². The van der Waals surface area contributed by atoms with Gasteiger partial charge in [-0.1, -0.05) is 16.8 Å². The van der Waals surface area contributed by atoms with E-state index in [9.17, 15) is 18.0 Å². The normalized spacial score (nSPS) is 11.4. The van der Waals surface area contributed by atoms with Gasteiger partial charge in [-0.3, -0.25) is 4.98 Å². The van der Waals surface area contributed by atoms with Crippen molar-refractivity contribution < 1.29 is 22.7 Å². The highest BCUT2D eigenvalue weighted by Crippen LogP contribution is 2.31. The van der Waals surface area contributed by atoms with Crippen LogP contribution in [0.1, 0.15) is 23.0 Å². The van der Waals surface area contributed by atoms with E-state index < -0.39 is 17.7 Å². The zero-order valence-electron chi connectivity index (χ0n) is 13.9. The molecule has 6 nitrogen and oxygen atoms in total. The average Bonchev–Trinajstić information content (AvgIpc) is 3.06. The van der Waals surface area contributed by atoms with E-state index in [0.717, 1.165) is 12.1 Å². The molecule has 0 saturated heterocycles. The molecule has 0 aliphatic carbocycles. The van der Waals surface area contributed by atoms with Crippen molar-refractivity contribution in [2.75, 3.05) is 6.61 Å². The largest absolute Gasteiger partial charge is 0.461 e. The zero-order chi connectivity index (χ0) is 19.6. The van der Waals surface area contributed by atoms with Crippen LogP contribution in [0.3, 0.4) is 0 Å². The second kappa shape index (κ2) is 7.36. The maximum absolute atomic E-state index is 12.8. The molecule has 10 heteroatoms. The monoisotopic (exact) mass is 396 g/mol. The summed E-state index contributed by atoms with van der Waals surface area (Å²) in [5, 5.41) is 8.07. The van der Waals surface area contributed by atoms with Crippen LogP contribution in [0.2, 0.25) is 5.02 Å². The predicted molar refractivity (Wildman–Crippen MR) is 90.6 cm³/mol. The minimum atomic E-state index is -4.46. The number of alkyl halides is 3. The molecule has 0 spiro atoms. The fourth-order valence-electron chi connectivity index (χ4n) is 2.36. The quantitative estimate of drug-likeness (QED) is 0.619. The molecule has 0 atom stereocenters. The van der Waals surface area contributed by atoms with Gasteiger partial charge in [-0.15, -0.1) is 5.10 Å². The van der Waals surface area contributed by atoms with Crippen molar-refractivity contribution in [2.24, 2.45) is 0 Å². The topological polar surface area (TPSA) is 69.9 Å². The Morgan fingerprint density at radius 2 is 1.93 bits per heavy atom. The van der Waals surface area contributed by atoms with Crippen LogP contribution in [0.25, 0.3) is 17.1 Å². The number of aromatic nitrogens is 4. The molecule has 2 aromatic heterocycles. The maximum Gasteiger partial charge on any atom is 0.416 e. The van der Waals surface area contributed by atoms with E-state index in [0.29, 0.717) is 5.02 Å². The summed E-state index contributed by atoms with van der Waals surface area (Å²) in [5.74, 6) is -0.729. The van der Waals surface area contributed by atoms with Crippen molar-refractivity contribution in [1.29, 1.82) is 0 Å². The van der Waals surface area contributed by atoms with Gasteiger partial charge in [-0.05, 0) is 43.3 Å². The van der Waals surface area contributed by atoms with E-state index in [1.807, 2.05) is 0 Å². The van der Waals surface area contributed by atoms with Crippen molar-refractivity contribution in [3.63, 3.8) is 0 Å². The Bertz CT molecular complexity index is 971. The van der Waals surface area contributed by atoms with Crippen molar-refractivity contribution in [3.05, 3.63) is 58.9 Å². The smallest absolute Gasteiger partial charge is 0.416 e. The van der Waals surface area contributed by atoms with Crippen LogP contribution < -0.4 is 0 Å². The number of carbonyl (C=O) groups is 1. The molecule has 0 amide bonds. The number of pyridine rings is 1. The lowest BCUT2D eigenvalue weighted by molar-refractivity contribution is -0.137. The number of halogens is 4. The molecule has 0 fully saturated rings. The van der Waals surface area contributed by atoms with Crippen LogP contribution in [0.4, 0.5) is 13.2 Å². The van der Waals surface area contributed by atoms with E-state index >= 15 is 0 Å². The maximum atomic E-state index is 12.8. The Hall–Kier alpha value is -2.94. The fourth-order valence-corrected chi connectivity index (χ4v) is 2.51. The van der Waals surface area contributed by atoms with Crippen molar-refractivity contribution >= 4 is 17.6 Å². The Morgan fingerprint density at radius 3 is 2.52 bits per heavy atom. The van der Waals surface area contributed by atoms with E-state index in [2.05, 4.69) is 15.3 Å². The van der Waals surface area contributed by atoms with Gasteiger partial charge < -0.3 is 4.74 Å². The minimum absolute atomic E-state index is 0.119. The molecule has 0 radical (unpaired) electrons. The van der Waals surface area contributed by atoms with E-state index in [4.69, 9.17) is 16.3 Å². The van der Waals surface area contributed by atoms with Crippen LogP contribution >= 0.6 is 11.6 Å². The molecule has 0 aliphatic heterocycles. The summed E-state index contributed by atoms with van der Waals surface area (Å²) in [6.45, 7) is 1.75. The summed E-state index contributed by atoms with van der Waals surface area (Å²) >= 11 is 5.99. The molecule has 3 aromatic rings.